The summed E-state index contributed by atoms with van der Waals surface area (Å²) in [7, 11) is 1.77. The van der Waals surface area contributed by atoms with Gasteiger partial charge in [-0.1, -0.05) is 0 Å². The number of carbonyl (C=O) groups is 1. The lowest BCUT2D eigenvalue weighted by molar-refractivity contribution is -0.125. The molecule has 0 bridgehead atoms. The molecule has 8 unspecified atom stereocenters. The number of ether oxygens (including phenoxy) is 1. The molecule has 4 aliphatic rings. The third-order valence-corrected chi connectivity index (χ3v) is 9.03. The largest absolute Gasteiger partial charge is 0.381 e. The molecule has 3 saturated carbocycles. The number of nitrogens with zero attached hydrogens (tertiary/aromatic N) is 1. The van der Waals surface area contributed by atoms with E-state index in [1.54, 1.807) is 7.11 Å². The van der Waals surface area contributed by atoms with E-state index < -0.39 is 24.4 Å². The first-order valence-electron chi connectivity index (χ1n) is 13.5. The predicted octanol–water partition coefficient (Wildman–Crippen LogP) is 3.67. The van der Waals surface area contributed by atoms with E-state index in [4.69, 9.17) is 16.3 Å². The molecule has 36 heavy (non-hydrogen) atoms. The molecule has 1 heterocycles. The summed E-state index contributed by atoms with van der Waals surface area (Å²) in [6.45, 7) is 0.358. The van der Waals surface area contributed by atoms with Crippen LogP contribution < -0.4 is 21.5 Å². The zero-order chi connectivity index (χ0) is 25.7. The fourth-order valence-corrected chi connectivity index (χ4v) is 6.48. The van der Waals surface area contributed by atoms with Crippen LogP contribution in [0.2, 0.25) is 0 Å². The van der Waals surface area contributed by atoms with Crippen LogP contribution in [0.25, 0.3) is 0 Å². The number of hydrogen-bond acceptors (Lipinski definition) is 5. The van der Waals surface area contributed by atoms with E-state index in [-0.39, 0.29) is 42.3 Å². The van der Waals surface area contributed by atoms with E-state index in [0.29, 0.717) is 50.2 Å². The van der Waals surface area contributed by atoms with Crippen LogP contribution in [-0.4, -0.2) is 67.7 Å². The minimum Gasteiger partial charge on any atom is -0.381 e. The Hall–Kier alpha value is -1.10. The van der Waals surface area contributed by atoms with E-state index in [9.17, 15) is 18.0 Å². The Balaban J connectivity index is 1.35. The van der Waals surface area contributed by atoms with E-state index >= 15 is 0 Å². The van der Waals surface area contributed by atoms with Crippen molar-refractivity contribution in [2.24, 2.45) is 22.7 Å². The molecule has 7 nitrogen and oxygen atoms in total. The quantitative estimate of drug-likeness (QED) is 0.237. The van der Waals surface area contributed by atoms with E-state index in [2.05, 4.69) is 26.5 Å². The van der Waals surface area contributed by atoms with Gasteiger partial charge in [0, 0.05) is 31.0 Å². The third kappa shape index (κ3) is 7.48. The molecule has 0 aromatic carbocycles. The lowest BCUT2D eigenvalue weighted by atomic mass is 9.82. The number of guanidine groups is 1. The van der Waals surface area contributed by atoms with Crippen molar-refractivity contribution in [3.63, 3.8) is 0 Å². The van der Waals surface area contributed by atoms with Gasteiger partial charge < -0.3 is 10.1 Å². The van der Waals surface area contributed by atoms with Gasteiger partial charge in [-0.15, -0.1) is 11.6 Å². The number of hydrazine groups is 1. The second-order valence-electron chi connectivity index (χ2n) is 11.0. The molecule has 3 aliphatic carbocycles. The standard InChI is InChI=1S/C25H41ClF3N5O2/c1-36-18-7-3-14(4-8-18)22-12-23(34-33-22)31-25(30-13-16-2-6-17(27)11-19(16)26)32-24(35)15-5-9-20(28)21(29)10-15/h14-23,33-34H,2-13H2,1H3,(H2,30,31,32,35). The second-order valence-corrected chi connectivity index (χ2v) is 11.6. The minimum atomic E-state index is -1.62. The lowest BCUT2D eigenvalue weighted by Gasteiger charge is -2.31. The summed E-state index contributed by atoms with van der Waals surface area (Å²) >= 11 is 6.39. The Morgan fingerprint density at radius 1 is 0.972 bits per heavy atom. The van der Waals surface area contributed by atoms with Gasteiger partial charge in [0.1, 0.15) is 18.5 Å². The Labute approximate surface area is 217 Å². The summed E-state index contributed by atoms with van der Waals surface area (Å²) in [6, 6.07) is 0.288. The first-order chi connectivity index (χ1) is 17.3. The average Bonchev–Trinajstić information content (AvgIpc) is 3.33. The van der Waals surface area contributed by atoms with Crippen molar-refractivity contribution in [2.45, 2.75) is 113 Å². The van der Waals surface area contributed by atoms with Gasteiger partial charge in [0.25, 0.3) is 0 Å². The smallest absolute Gasteiger partial charge is 0.229 e. The Morgan fingerprint density at radius 3 is 2.44 bits per heavy atom. The normalized spacial score (nSPS) is 42.2. The fraction of sp³-hybridized carbons (Fsp3) is 0.920. The predicted molar refractivity (Wildman–Crippen MR) is 134 cm³/mol. The highest BCUT2D eigenvalue weighted by molar-refractivity contribution is 6.20. The van der Waals surface area contributed by atoms with Crippen molar-refractivity contribution in [1.29, 1.82) is 0 Å². The number of rotatable bonds is 6. The number of nitrogens with one attached hydrogen (secondary N) is 4. The molecule has 0 aromatic heterocycles. The molecule has 1 amide bonds. The van der Waals surface area contributed by atoms with Crippen LogP contribution in [0.3, 0.4) is 0 Å². The van der Waals surface area contributed by atoms with Crippen LogP contribution in [0.1, 0.15) is 70.6 Å². The molecular weight excluding hydrogens is 495 g/mol. The highest BCUT2D eigenvalue weighted by Crippen LogP contribution is 2.32. The van der Waals surface area contributed by atoms with Crippen molar-refractivity contribution >= 4 is 23.5 Å². The van der Waals surface area contributed by atoms with Crippen molar-refractivity contribution in [1.82, 2.24) is 21.5 Å². The molecule has 1 aliphatic heterocycles. The zero-order valence-electron chi connectivity index (χ0n) is 21.0. The molecule has 1 saturated heterocycles. The van der Waals surface area contributed by atoms with Gasteiger partial charge in [0.2, 0.25) is 5.91 Å². The van der Waals surface area contributed by atoms with Crippen LogP contribution >= 0.6 is 11.6 Å². The van der Waals surface area contributed by atoms with Crippen LogP contribution in [0, 0.1) is 17.8 Å². The van der Waals surface area contributed by atoms with Gasteiger partial charge in [-0.25, -0.2) is 18.6 Å². The topological polar surface area (TPSA) is 86.8 Å². The molecular formula is C25H41ClF3N5O2. The van der Waals surface area contributed by atoms with Crippen molar-refractivity contribution in [3.8, 4) is 0 Å². The van der Waals surface area contributed by atoms with E-state index in [0.717, 1.165) is 32.1 Å². The Kier molecular flexibility index (Phi) is 10.2. The van der Waals surface area contributed by atoms with Gasteiger partial charge in [-0.2, -0.15) is 0 Å². The summed E-state index contributed by atoms with van der Waals surface area (Å²) in [5, 5.41) is 5.82. The number of hydrogen-bond donors (Lipinski definition) is 4. The van der Waals surface area contributed by atoms with Crippen LogP contribution in [0.4, 0.5) is 13.2 Å². The van der Waals surface area contributed by atoms with Gasteiger partial charge in [0.05, 0.1) is 12.3 Å². The van der Waals surface area contributed by atoms with Crippen LogP contribution in [0.5, 0.6) is 0 Å². The van der Waals surface area contributed by atoms with Gasteiger partial charge in [0.15, 0.2) is 5.96 Å². The molecule has 0 aromatic rings. The number of amides is 1. The molecule has 4 N–H and O–H groups in total. The average molecular weight is 536 g/mol. The maximum atomic E-state index is 13.9. The van der Waals surface area contributed by atoms with Crippen molar-refractivity contribution < 1.29 is 22.7 Å². The molecule has 0 spiro atoms. The number of carbonyl (C=O) groups excluding carboxylic acids is 1. The maximum absolute atomic E-state index is 13.9. The molecule has 4 fully saturated rings. The molecule has 8 atom stereocenters. The number of aliphatic imine (C=N–C) groups is 1. The van der Waals surface area contributed by atoms with Crippen LogP contribution in [-0.2, 0) is 9.53 Å². The molecule has 11 heteroatoms. The number of alkyl halides is 4. The van der Waals surface area contributed by atoms with Gasteiger partial charge >= 0.3 is 0 Å². The second kappa shape index (κ2) is 13.1. The first-order valence-corrected chi connectivity index (χ1v) is 14.0. The fourth-order valence-electron chi connectivity index (χ4n) is 6.08. The summed E-state index contributed by atoms with van der Waals surface area (Å²) in [5.41, 5.74) is 6.65. The SMILES string of the molecule is COC1CCC(C2CC(NC(=NCC3CCC(F)CC3Cl)NC(=O)C3CCC(F)C(F)C3)NN2)CC1. The summed E-state index contributed by atoms with van der Waals surface area (Å²) in [5.74, 6) is -0.0998. The third-order valence-electron chi connectivity index (χ3n) is 8.50. The van der Waals surface area contributed by atoms with E-state index in [1.165, 1.54) is 0 Å². The monoisotopic (exact) mass is 535 g/mol. The summed E-state index contributed by atoms with van der Waals surface area (Å²) in [6.07, 6.45) is 2.92. The first kappa shape index (κ1) is 27.9. The highest BCUT2D eigenvalue weighted by atomic mass is 35.5. The van der Waals surface area contributed by atoms with Gasteiger partial charge in [-0.3, -0.25) is 20.5 Å². The van der Waals surface area contributed by atoms with Gasteiger partial charge in [-0.05, 0) is 82.5 Å². The zero-order valence-corrected chi connectivity index (χ0v) is 21.8. The summed E-state index contributed by atoms with van der Waals surface area (Å²) in [4.78, 5) is 17.5. The minimum absolute atomic E-state index is 0.0166. The van der Waals surface area contributed by atoms with Crippen molar-refractivity contribution in [2.75, 3.05) is 13.7 Å². The molecule has 206 valence electrons. The van der Waals surface area contributed by atoms with E-state index in [1.807, 2.05) is 0 Å². The lowest BCUT2D eigenvalue weighted by Crippen LogP contribution is -2.52. The molecule has 0 radical (unpaired) electrons. The Bertz CT molecular complexity index is 757. The number of methoxy groups -OCH3 is 1. The molecule has 4 rings (SSSR count). The van der Waals surface area contributed by atoms with Crippen LogP contribution in [0.15, 0.2) is 4.99 Å². The summed E-state index contributed by atoms with van der Waals surface area (Å²) < 4.78 is 46.6. The van der Waals surface area contributed by atoms with Crippen molar-refractivity contribution in [3.05, 3.63) is 0 Å². The maximum Gasteiger partial charge on any atom is 0.229 e. The highest BCUT2D eigenvalue weighted by Gasteiger charge is 2.36. The number of halogens is 4. The Morgan fingerprint density at radius 2 is 1.75 bits per heavy atom.